The third-order valence-corrected chi connectivity index (χ3v) is 5.14. The third kappa shape index (κ3) is 1.63. The first-order valence-electron chi connectivity index (χ1n) is 6.53. The van der Waals surface area contributed by atoms with Crippen LogP contribution < -0.4 is 0 Å². The highest BCUT2D eigenvalue weighted by atomic mass is 35.5. The van der Waals surface area contributed by atoms with E-state index in [0.29, 0.717) is 11.3 Å². The molecule has 17 heavy (non-hydrogen) atoms. The van der Waals surface area contributed by atoms with Gasteiger partial charge < -0.3 is 5.11 Å². The van der Waals surface area contributed by atoms with Gasteiger partial charge in [-0.3, -0.25) is 0 Å². The molecule has 3 unspecified atom stereocenters. The number of rotatable bonds is 1. The molecule has 0 saturated heterocycles. The van der Waals surface area contributed by atoms with Gasteiger partial charge >= 0.3 is 0 Å². The maximum Gasteiger partial charge on any atom is 0.0935 e. The molecule has 2 heteroatoms. The number of halogens is 1. The Morgan fingerprint density at radius 3 is 2.88 bits per heavy atom. The lowest BCUT2D eigenvalue weighted by Gasteiger charge is -2.62. The molecule has 1 nitrogen and oxygen atoms in total. The van der Waals surface area contributed by atoms with Crippen LogP contribution in [0.25, 0.3) is 0 Å². The van der Waals surface area contributed by atoms with Gasteiger partial charge in [0.25, 0.3) is 0 Å². The Labute approximate surface area is 108 Å². The van der Waals surface area contributed by atoms with E-state index < -0.39 is 5.60 Å². The Hall–Kier alpha value is -0.530. The Bertz CT molecular complexity index is 444. The summed E-state index contributed by atoms with van der Waals surface area (Å²) >= 11 is 6.03. The smallest absolute Gasteiger partial charge is 0.0935 e. The summed E-state index contributed by atoms with van der Waals surface area (Å²) in [5, 5.41) is 11.6. The van der Waals surface area contributed by atoms with Crippen molar-refractivity contribution in [3.8, 4) is 0 Å². The molecule has 1 aromatic rings. The molecular weight excluding hydrogens is 232 g/mol. The van der Waals surface area contributed by atoms with Crippen LogP contribution in [0.5, 0.6) is 0 Å². The summed E-state index contributed by atoms with van der Waals surface area (Å²) in [5.41, 5.74) is 0.740. The highest BCUT2D eigenvalue weighted by Crippen LogP contribution is 2.64. The van der Waals surface area contributed by atoms with Gasteiger partial charge in [-0.2, -0.15) is 0 Å². The molecule has 2 aliphatic carbocycles. The van der Waals surface area contributed by atoms with Crippen molar-refractivity contribution in [1.82, 2.24) is 0 Å². The average molecular weight is 251 g/mol. The van der Waals surface area contributed by atoms with E-state index in [4.69, 9.17) is 11.6 Å². The van der Waals surface area contributed by atoms with Crippen molar-refractivity contribution in [3.05, 3.63) is 34.9 Å². The van der Waals surface area contributed by atoms with Gasteiger partial charge in [-0.1, -0.05) is 43.5 Å². The largest absolute Gasteiger partial charge is 0.385 e. The van der Waals surface area contributed by atoms with Gasteiger partial charge in [0.2, 0.25) is 0 Å². The van der Waals surface area contributed by atoms with Crippen LogP contribution in [-0.4, -0.2) is 5.11 Å². The Balaban J connectivity index is 1.93. The first-order chi connectivity index (χ1) is 8.05. The lowest BCUT2D eigenvalue weighted by molar-refractivity contribution is -0.212. The van der Waals surface area contributed by atoms with E-state index in [9.17, 15) is 5.11 Å². The molecule has 0 heterocycles. The van der Waals surface area contributed by atoms with Gasteiger partial charge in [-0.15, -0.1) is 0 Å². The molecule has 2 saturated carbocycles. The first-order valence-corrected chi connectivity index (χ1v) is 6.91. The summed E-state index contributed by atoms with van der Waals surface area (Å²) in [7, 11) is 0. The molecular formula is C15H19ClO. The Morgan fingerprint density at radius 2 is 2.18 bits per heavy atom. The van der Waals surface area contributed by atoms with E-state index >= 15 is 0 Å². The van der Waals surface area contributed by atoms with Crippen LogP contribution in [0.15, 0.2) is 24.3 Å². The molecule has 0 amide bonds. The summed E-state index contributed by atoms with van der Waals surface area (Å²) in [6.45, 7) is 2.33. The van der Waals surface area contributed by atoms with Crippen molar-refractivity contribution in [2.24, 2.45) is 11.3 Å². The quantitative estimate of drug-likeness (QED) is 0.795. The lowest BCUT2D eigenvalue weighted by atomic mass is 9.45. The van der Waals surface area contributed by atoms with Crippen molar-refractivity contribution in [1.29, 1.82) is 0 Å². The minimum absolute atomic E-state index is 0.356. The van der Waals surface area contributed by atoms with Crippen molar-refractivity contribution in [2.75, 3.05) is 0 Å². The zero-order chi connectivity index (χ0) is 12.1. The topological polar surface area (TPSA) is 20.2 Å². The van der Waals surface area contributed by atoms with Gasteiger partial charge in [0.1, 0.15) is 0 Å². The number of hydrogen-bond donors (Lipinski definition) is 1. The van der Waals surface area contributed by atoms with Crippen molar-refractivity contribution in [2.45, 2.75) is 44.6 Å². The predicted molar refractivity (Wildman–Crippen MR) is 70.0 cm³/mol. The fourth-order valence-corrected chi connectivity index (χ4v) is 4.29. The maximum atomic E-state index is 10.9. The Kier molecular flexibility index (Phi) is 2.53. The van der Waals surface area contributed by atoms with E-state index in [2.05, 4.69) is 6.92 Å². The van der Waals surface area contributed by atoms with Crippen molar-refractivity contribution in [3.63, 3.8) is 0 Å². The molecule has 3 rings (SSSR count). The predicted octanol–water partition coefficient (Wildman–Crippen LogP) is 4.13. The zero-order valence-electron chi connectivity index (χ0n) is 10.2. The van der Waals surface area contributed by atoms with E-state index in [1.807, 2.05) is 24.3 Å². The highest BCUT2D eigenvalue weighted by Gasteiger charge is 2.60. The van der Waals surface area contributed by atoms with Crippen LogP contribution in [0.3, 0.4) is 0 Å². The molecule has 0 spiro atoms. The molecule has 1 aromatic carbocycles. The molecule has 0 radical (unpaired) electrons. The SMILES string of the molecule is CC12CCCCC1C(O)(c1cccc(Cl)c1)C2. The molecule has 0 aliphatic heterocycles. The molecule has 2 aliphatic rings. The number of aliphatic hydroxyl groups is 1. The fraction of sp³-hybridized carbons (Fsp3) is 0.600. The normalized spacial score (nSPS) is 40.5. The average Bonchev–Trinajstić information content (AvgIpc) is 2.27. The van der Waals surface area contributed by atoms with Gasteiger partial charge in [0, 0.05) is 5.02 Å². The van der Waals surface area contributed by atoms with Gasteiger partial charge in [0.15, 0.2) is 0 Å². The molecule has 3 atom stereocenters. The first kappa shape index (κ1) is 11.6. The van der Waals surface area contributed by atoms with E-state index in [1.54, 1.807) is 0 Å². The Morgan fingerprint density at radius 1 is 1.35 bits per heavy atom. The summed E-state index contributed by atoms with van der Waals surface area (Å²) < 4.78 is 0. The van der Waals surface area contributed by atoms with Crippen molar-refractivity contribution >= 4 is 11.6 Å². The van der Waals surface area contributed by atoms with Gasteiger partial charge in [-0.05, 0) is 48.3 Å². The lowest BCUT2D eigenvalue weighted by Crippen LogP contribution is -2.59. The standard InChI is InChI=1S/C15H19ClO/c1-14-8-3-2-7-13(14)15(17,10-14)11-5-4-6-12(16)9-11/h4-6,9,13,17H,2-3,7-8,10H2,1H3. The summed E-state index contributed by atoms with van der Waals surface area (Å²) in [6, 6.07) is 7.75. The molecule has 1 N–H and O–H groups in total. The second kappa shape index (κ2) is 3.73. The molecule has 0 bridgehead atoms. The van der Waals surface area contributed by atoms with E-state index in [0.717, 1.165) is 23.4 Å². The zero-order valence-corrected chi connectivity index (χ0v) is 11.0. The van der Waals surface area contributed by atoms with Crippen molar-refractivity contribution < 1.29 is 5.11 Å². The van der Waals surface area contributed by atoms with Gasteiger partial charge in [-0.25, -0.2) is 0 Å². The summed E-state index contributed by atoms with van der Waals surface area (Å²) in [6.07, 6.45) is 5.88. The minimum Gasteiger partial charge on any atom is -0.385 e. The molecule has 2 fully saturated rings. The second-order valence-corrected chi connectivity index (χ2v) is 6.50. The summed E-state index contributed by atoms with van der Waals surface area (Å²) in [4.78, 5) is 0. The maximum absolute atomic E-state index is 10.9. The van der Waals surface area contributed by atoms with Crippen LogP contribution in [-0.2, 0) is 5.60 Å². The highest BCUT2D eigenvalue weighted by molar-refractivity contribution is 6.30. The number of hydrogen-bond acceptors (Lipinski definition) is 1. The van der Waals surface area contributed by atoms with Crippen LogP contribution in [0.4, 0.5) is 0 Å². The number of fused-ring (bicyclic) bond motifs is 1. The van der Waals surface area contributed by atoms with Crippen LogP contribution in [0, 0.1) is 11.3 Å². The van der Waals surface area contributed by atoms with E-state index in [-0.39, 0.29) is 0 Å². The van der Waals surface area contributed by atoms with Crippen LogP contribution in [0.1, 0.15) is 44.6 Å². The van der Waals surface area contributed by atoms with Gasteiger partial charge in [0.05, 0.1) is 5.60 Å². The third-order valence-electron chi connectivity index (χ3n) is 4.91. The number of benzene rings is 1. The minimum atomic E-state index is -0.625. The molecule has 0 aromatic heterocycles. The monoisotopic (exact) mass is 250 g/mol. The summed E-state index contributed by atoms with van der Waals surface area (Å²) in [5.74, 6) is 0.419. The second-order valence-electron chi connectivity index (χ2n) is 6.06. The van der Waals surface area contributed by atoms with E-state index in [1.165, 1.54) is 19.3 Å². The van der Waals surface area contributed by atoms with Crippen LogP contribution >= 0.6 is 11.6 Å². The fourth-order valence-electron chi connectivity index (χ4n) is 4.10. The molecule has 92 valence electrons. The van der Waals surface area contributed by atoms with Crippen LogP contribution in [0.2, 0.25) is 5.02 Å².